The molecule has 0 aromatic carbocycles. The van der Waals surface area contributed by atoms with E-state index in [1.165, 1.54) is 12.8 Å². The van der Waals surface area contributed by atoms with E-state index in [0.29, 0.717) is 12.0 Å². The summed E-state index contributed by atoms with van der Waals surface area (Å²) in [6.45, 7) is 6.60. The number of nitrogens with one attached hydrogen (secondary N) is 1. The van der Waals surface area contributed by atoms with Gasteiger partial charge in [-0.1, -0.05) is 6.92 Å². The van der Waals surface area contributed by atoms with Crippen molar-refractivity contribution >= 4 is 6.21 Å². The van der Waals surface area contributed by atoms with Crippen molar-refractivity contribution in [3.8, 4) is 0 Å². The third-order valence-corrected chi connectivity index (χ3v) is 2.31. The van der Waals surface area contributed by atoms with Gasteiger partial charge in [-0.25, -0.2) is 0 Å². The maximum atomic E-state index is 4.36. The first-order valence-corrected chi connectivity index (χ1v) is 4.54. The number of aliphatic imine (C=N–C) groups is 1. The van der Waals surface area contributed by atoms with Gasteiger partial charge in [0.25, 0.3) is 0 Å². The summed E-state index contributed by atoms with van der Waals surface area (Å²) in [7, 11) is 0. The fourth-order valence-corrected chi connectivity index (χ4v) is 1.21. The first-order chi connectivity index (χ1) is 5.30. The normalized spacial score (nSPS) is 34.0. The van der Waals surface area contributed by atoms with Gasteiger partial charge in [-0.3, -0.25) is 4.99 Å². The highest BCUT2D eigenvalue weighted by molar-refractivity contribution is 5.61. The molecule has 0 spiro atoms. The largest absolute Gasteiger partial charge is 0.314 e. The van der Waals surface area contributed by atoms with Gasteiger partial charge in [0, 0.05) is 24.7 Å². The van der Waals surface area contributed by atoms with Crippen molar-refractivity contribution in [2.45, 2.75) is 32.7 Å². The number of nitrogens with zero attached hydrogens (tertiary/aromatic N) is 1. The number of hydrogen-bond donors (Lipinski definition) is 1. The predicted molar refractivity (Wildman–Crippen MR) is 49.2 cm³/mol. The molecule has 2 nitrogen and oxygen atoms in total. The van der Waals surface area contributed by atoms with Crippen LogP contribution in [-0.4, -0.2) is 25.3 Å². The zero-order valence-electron chi connectivity index (χ0n) is 7.51. The minimum atomic E-state index is 0.577. The standard InChI is InChI=1S/C9H18N2/c1-8-7-10-5-3-4-6-11-9(8)2/h7-9,11H,3-6H2,1-2H3. The topological polar surface area (TPSA) is 24.4 Å². The lowest BCUT2D eigenvalue weighted by Crippen LogP contribution is -2.33. The number of rotatable bonds is 0. The van der Waals surface area contributed by atoms with Gasteiger partial charge in [0.2, 0.25) is 0 Å². The summed E-state index contributed by atoms with van der Waals surface area (Å²) < 4.78 is 0. The third-order valence-electron chi connectivity index (χ3n) is 2.31. The summed E-state index contributed by atoms with van der Waals surface area (Å²) in [6.07, 6.45) is 4.57. The van der Waals surface area contributed by atoms with E-state index in [4.69, 9.17) is 0 Å². The van der Waals surface area contributed by atoms with Gasteiger partial charge in [-0.05, 0) is 26.3 Å². The molecule has 1 heterocycles. The summed E-state index contributed by atoms with van der Waals surface area (Å²) in [5.41, 5.74) is 0. The molecule has 1 aliphatic heterocycles. The minimum Gasteiger partial charge on any atom is -0.314 e. The second-order valence-electron chi connectivity index (χ2n) is 3.36. The SMILES string of the molecule is CC1C=NCCCCNC1C. The Bertz CT molecular complexity index is 132. The molecule has 2 unspecified atom stereocenters. The smallest absolute Gasteiger partial charge is 0.0386 e. The molecule has 0 radical (unpaired) electrons. The van der Waals surface area contributed by atoms with E-state index >= 15 is 0 Å². The van der Waals surface area contributed by atoms with Crippen LogP contribution < -0.4 is 5.32 Å². The van der Waals surface area contributed by atoms with E-state index < -0.39 is 0 Å². The maximum Gasteiger partial charge on any atom is 0.0386 e. The number of hydrogen-bond acceptors (Lipinski definition) is 2. The van der Waals surface area contributed by atoms with Crippen LogP contribution in [-0.2, 0) is 0 Å². The van der Waals surface area contributed by atoms with Gasteiger partial charge >= 0.3 is 0 Å². The molecule has 0 fully saturated rings. The van der Waals surface area contributed by atoms with Crippen LogP contribution in [0.3, 0.4) is 0 Å². The molecule has 1 aliphatic rings. The Morgan fingerprint density at radius 1 is 1.36 bits per heavy atom. The van der Waals surface area contributed by atoms with Crippen molar-refractivity contribution in [1.29, 1.82) is 0 Å². The van der Waals surface area contributed by atoms with Crippen LogP contribution in [0.4, 0.5) is 0 Å². The Hall–Kier alpha value is -0.370. The molecule has 0 aromatic rings. The van der Waals surface area contributed by atoms with Crippen molar-refractivity contribution in [1.82, 2.24) is 5.32 Å². The van der Waals surface area contributed by atoms with Crippen molar-refractivity contribution in [3.63, 3.8) is 0 Å². The van der Waals surface area contributed by atoms with Crippen LogP contribution in [0.25, 0.3) is 0 Å². The van der Waals surface area contributed by atoms with Gasteiger partial charge in [-0.15, -0.1) is 0 Å². The van der Waals surface area contributed by atoms with Crippen LogP contribution in [0.2, 0.25) is 0 Å². The van der Waals surface area contributed by atoms with Gasteiger partial charge in [0.05, 0.1) is 0 Å². The Morgan fingerprint density at radius 3 is 3.00 bits per heavy atom. The summed E-state index contributed by atoms with van der Waals surface area (Å²) in [5, 5.41) is 3.48. The first kappa shape index (κ1) is 8.72. The molecule has 0 bridgehead atoms. The highest BCUT2D eigenvalue weighted by atomic mass is 14.9. The lowest BCUT2D eigenvalue weighted by Gasteiger charge is -2.16. The zero-order chi connectivity index (χ0) is 8.10. The Balaban J connectivity index is 2.42. The van der Waals surface area contributed by atoms with E-state index in [9.17, 15) is 0 Å². The maximum absolute atomic E-state index is 4.36. The van der Waals surface area contributed by atoms with Gasteiger partial charge in [-0.2, -0.15) is 0 Å². The average molecular weight is 154 g/mol. The first-order valence-electron chi connectivity index (χ1n) is 4.54. The van der Waals surface area contributed by atoms with Crippen molar-refractivity contribution < 1.29 is 0 Å². The monoisotopic (exact) mass is 154 g/mol. The van der Waals surface area contributed by atoms with Gasteiger partial charge in [0.1, 0.15) is 0 Å². The average Bonchev–Trinajstić information content (AvgIpc) is 2.07. The lowest BCUT2D eigenvalue weighted by atomic mass is 10.1. The molecular weight excluding hydrogens is 136 g/mol. The molecule has 2 heteroatoms. The molecule has 0 saturated carbocycles. The molecule has 1 rings (SSSR count). The van der Waals surface area contributed by atoms with Crippen molar-refractivity contribution in [2.75, 3.05) is 13.1 Å². The van der Waals surface area contributed by atoms with E-state index in [2.05, 4.69) is 30.4 Å². The molecule has 0 amide bonds. The molecule has 64 valence electrons. The Morgan fingerprint density at radius 2 is 2.18 bits per heavy atom. The zero-order valence-corrected chi connectivity index (χ0v) is 7.51. The van der Waals surface area contributed by atoms with Crippen LogP contribution in [0.15, 0.2) is 4.99 Å². The fourth-order valence-electron chi connectivity index (χ4n) is 1.21. The van der Waals surface area contributed by atoms with Gasteiger partial charge < -0.3 is 5.32 Å². The van der Waals surface area contributed by atoms with E-state index in [0.717, 1.165) is 13.1 Å². The van der Waals surface area contributed by atoms with Crippen molar-refractivity contribution in [2.24, 2.45) is 10.9 Å². The highest BCUT2D eigenvalue weighted by Crippen LogP contribution is 2.02. The summed E-state index contributed by atoms with van der Waals surface area (Å²) in [4.78, 5) is 4.36. The summed E-state index contributed by atoms with van der Waals surface area (Å²) in [5.74, 6) is 0.577. The lowest BCUT2D eigenvalue weighted by molar-refractivity contribution is 0.480. The molecule has 0 aromatic heterocycles. The second-order valence-corrected chi connectivity index (χ2v) is 3.36. The molecule has 2 atom stereocenters. The van der Waals surface area contributed by atoms with E-state index in [-0.39, 0.29) is 0 Å². The molecule has 0 aliphatic carbocycles. The minimum absolute atomic E-state index is 0.577. The van der Waals surface area contributed by atoms with Gasteiger partial charge in [0.15, 0.2) is 0 Å². The Labute approximate surface area is 69.1 Å². The van der Waals surface area contributed by atoms with Crippen LogP contribution >= 0.6 is 0 Å². The van der Waals surface area contributed by atoms with Crippen molar-refractivity contribution in [3.05, 3.63) is 0 Å². The van der Waals surface area contributed by atoms with E-state index in [1.54, 1.807) is 0 Å². The molecule has 0 saturated heterocycles. The third kappa shape index (κ3) is 3.02. The fraction of sp³-hybridized carbons (Fsp3) is 0.889. The van der Waals surface area contributed by atoms with E-state index in [1.807, 2.05) is 0 Å². The molecule has 11 heavy (non-hydrogen) atoms. The summed E-state index contributed by atoms with van der Waals surface area (Å²) in [6, 6.07) is 0.580. The van der Waals surface area contributed by atoms with Crippen LogP contribution in [0, 0.1) is 5.92 Å². The highest BCUT2D eigenvalue weighted by Gasteiger charge is 2.09. The second kappa shape index (κ2) is 4.50. The summed E-state index contributed by atoms with van der Waals surface area (Å²) >= 11 is 0. The van der Waals surface area contributed by atoms with Crippen LogP contribution in [0.5, 0.6) is 0 Å². The molecule has 1 N–H and O–H groups in total. The van der Waals surface area contributed by atoms with Crippen LogP contribution in [0.1, 0.15) is 26.7 Å². The Kier molecular flexibility index (Phi) is 3.57. The predicted octanol–water partition coefficient (Wildman–Crippen LogP) is 1.47. The quantitative estimate of drug-likeness (QED) is 0.561. The molecular formula is C9H18N2.